The maximum atomic E-state index is 4.03. The van der Waals surface area contributed by atoms with E-state index in [4.69, 9.17) is 0 Å². The lowest BCUT2D eigenvalue weighted by molar-refractivity contribution is 0.452. The summed E-state index contributed by atoms with van der Waals surface area (Å²) in [7, 11) is 0. The second kappa shape index (κ2) is 4.24. The summed E-state index contributed by atoms with van der Waals surface area (Å²) in [5.41, 5.74) is 2.19. The first-order valence-electron chi connectivity index (χ1n) is 7.26. The molecular weight excluding hydrogens is 272 g/mol. The maximum Gasteiger partial charge on any atom is 0.0835 e. The van der Waals surface area contributed by atoms with Crippen LogP contribution in [-0.2, 0) is 0 Å². The van der Waals surface area contributed by atoms with Gasteiger partial charge in [-0.1, -0.05) is 30.3 Å². The summed E-state index contributed by atoms with van der Waals surface area (Å²) >= 11 is 0. The zero-order chi connectivity index (χ0) is 14.5. The summed E-state index contributed by atoms with van der Waals surface area (Å²) in [6, 6.07) is 13.0. The Bertz CT molecular complexity index is 1040. The smallest absolute Gasteiger partial charge is 0.0835 e. The van der Waals surface area contributed by atoms with E-state index >= 15 is 0 Å². The molecule has 22 heavy (non-hydrogen) atoms. The van der Waals surface area contributed by atoms with E-state index in [-0.39, 0.29) is 5.92 Å². The molecule has 0 bridgehead atoms. The van der Waals surface area contributed by atoms with Crippen molar-refractivity contribution in [3.8, 4) is 0 Å². The predicted octanol–water partition coefficient (Wildman–Crippen LogP) is 2.48. The molecule has 2 aliphatic heterocycles. The molecule has 0 fully saturated rings. The number of hydrogen-bond acceptors (Lipinski definition) is 4. The van der Waals surface area contributed by atoms with Gasteiger partial charge in [0.25, 0.3) is 0 Å². The predicted molar refractivity (Wildman–Crippen MR) is 87.0 cm³/mol. The minimum atomic E-state index is 0.264. The van der Waals surface area contributed by atoms with E-state index in [1.807, 2.05) is 6.20 Å². The lowest BCUT2D eigenvalue weighted by Crippen LogP contribution is -2.32. The van der Waals surface area contributed by atoms with Gasteiger partial charge in [0.1, 0.15) is 0 Å². The molecule has 0 aromatic heterocycles. The topological polar surface area (TPSA) is 40.3 Å². The third-order valence-corrected chi connectivity index (χ3v) is 4.28. The third kappa shape index (κ3) is 1.67. The molecule has 1 atom stereocenters. The molecular formula is C18H12N4. The molecule has 2 aromatic rings. The van der Waals surface area contributed by atoms with Gasteiger partial charge in [-0.2, -0.15) is 0 Å². The first kappa shape index (κ1) is 11.6. The van der Waals surface area contributed by atoms with Crippen LogP contribution in [0, 0.1) is 5.92 Å². The Morgan fingerprint density at radius 2 is 1.77 bits per heavy atom. The van der Waals surface area contributed by atoms with Crippen LogP contribution in [0.4, 0.5) is 0 Å². The van der Waals surface area contributed by atoms with Crippen LogP contribution in [0.15, 0.2) is 75.5 Å². The Labute approximate surface area is 126 Å². The Balaban J connectivity index is 1.76. The Morgan fingerprint density at radius 3 is 2.64 bits per heavy atom. The second-order valence-electron chi connectivity index (χ2n) is 5.65. The van der Waals surface area contributed by atoms with E-state index in [9.17, 15) is 0 Å². The molecule has 0 radical (unpaired) electrons. The van der Waals surface area contributed by atoms with Gasteiger partial charge in [0.2, 0.25) is 0 Å². The van der Waals surface area contributed by atoms with Gasteiger partial charge in [-0.15, -0.1) is 5.10 Å². The van der Waals surface area contributed by atoms with Gasteiger partial charge in [-0.3, -0.25) is 0 Å². The van der Waals surface area contributed by atoms with Crippen LogP contribution in [-0.4, -0.2) is 11.2 Å². The first-order valence-corrected chi connectivity index (χ1v) is 7.26. The lowest BCUT2D eigenvalue weighted by Gasteiger charge is -2.26. The Kier molecular flexibility index (Phi) is 2.24. The third-order valence-electron chi connectivity index (χ3n) is 4.28. The van der Waals surface area contributed by atoms with Crippen molar-refractivity contribution >= 4 is 29.1 Å². The highest BCUT2D eigenvalue weighted by molar-refractivity contribution is 5.84. The van der Waals surface area contributed by atoms with Crippen molar-refractivity contribution in [2.24, 2.45) is 21.5 Å². The van der Waals surface area contributed by atoms with Gasteiger partial charge in [0.05, 0.1) is 11.9 Å². The summed E-state index contributed by atoms with van der Waals surface area (Å²) in [5.74, 6) is 0.264. The molecule has 1 aliphatic carbocycles. The summed E-state index contributed by atoms with van der Waals surface area (Å²) in [5, 5.41) is 18.4. The molecule has 0 saturated heterocycles. The summed E-state index contributed by atoms with van der Waals surface area (Å²) < 4.78 is 0. The largest absolute Gasteiger partial charge is 0.219 e. The van der Waals surface area contributed by atoms with Gasteiger partial charge in [0, 0.05) is 12.1 Å². The van der Waals surface area contributed by atoms with Crippen LogP contribution < -0.4 is 10.4 Å². The van der Waals surface area contributed by atoms with Gasteiger partial charge < -0.3 is 0 Å². The quantitative estimate of drug-likeness (QED) is 0.732. The number of nitrogens with zero attached hydrogens (tertiary/aromatic N) is 4. The molecule has 4 heteroatoms. The minimum Gasteiger partial charge on any atom is -0.219 e. The number of rotatable bonds is 0. The number of hydrogen-bond donors (Lipinski definition) is 0. The highest BCUT2D eigenvalue weighted by Crippen LogP contribution is 2.28. The van der Waals surface area contributed by atoms with Crippen molar-refractivity contribution in [1.82, 2.24) is 5.01 Å². The summed E-state index contributed by atoms with van der Waals surface area (Å²) in [4.78, 5) is 0. The van der Waals surface area contributed by atoms with E-state index < -0.39 is 0 Å². The van der Waals surface area contributed by atoms with Crippen molar-refractivity contribution in [3.05, 3.63) is 70.4 Å². The van der Waals surface area contributed by atoms with E-state index in [1.54, 1.807) is 11.2 Å². The molecule has 0 N–H and O–H groups in total. The van der Waals surface area contributed by atoms with Crippen LogP contribution in [0.3, 0.4) is 0 Å². The van der Waals surface area contributed by atoms with Crippen LogP contribution in [0.1, 0.15) is 0 Å². The molecule has 104 valence electrons. The number of fused-ring (bicyclic) bond motifs is 4. The average Bonchev–Trinajstić information content (AvgIpc) is 2.56. The molecule has 2 aromatic carbocycles. The van der Waals surface area contributed by atoms with Crippen molar-refractivity contribution in [1.29, 1.82) is 0 Å². The fourth-order valence-corrected chi connectivity index (χ4v) is 3.18. The standard InChI is InChI=1S/C18H12N4/c1-2-4-13-6-15-8-17-11-22-18(10-19-20-21-22)9-16(17)7-14(15)5-12(13)3-1/h1-11,16H. The van der Waals surface area contributed by atoms with E-state index in [2.05, 4.69) is 70.2 Å². The normalized spacial score (nSPS) is 21.1. The summed E-state index contributed by atoms with van der Waals surface area (Å²) in [6.45, 7) is 0. The lowest BCUT2D eigenvalue weighted by atomic mass is 9.89. The highest BCUT2D eigenvalue weighted by Gasteiger charge is 2.21. The number of benzene rings is 2. The zero-order valence-electron chi connectivity index (χ0n) is 11.7. The van der Waals surface area contributed by atoms with Crippen LogP contribution in [0.5, 0.6) is 0 Å². The molecule has 0 saturated carbocycles. The van der Waals surface area contributed by atoms with Crippen LogP contribution >= 0.6 is 0 Å². The first-order chi connectivity index (χ1) is 10.9. The minimum absolute atomic E-state index is 0.264. The van der Waals surface area contributed by atoms with Gasteiger partial charge in [-0.05, 0) is 61.5 Å². The SMILES string of the molecule is C1=NN=NN2C=C3C=c4cc5ccccc5cc4=CC3C=C12. The molecule has 2 heterocycles. The van der Waals surface area contributed by atoms with Crippen LogP contribution in [0.2, 0.25) is 0 Å². The van der Waals surface area contributed by atoms with E-state index in [1.165, 1.54) is 26.8 Å². The fourth-order valence-electron chi connectivity index (χ4n) is 3.18. The van der Waals surface area contributed by atoms with Crippen LogP contribution in [0.25, 0.3) is 22.9 Å². The molecule has 0 spiro atoms. The molecule has 0 amide bonds. The molecule has 3 aliphatic rings. The molecule has 4 nitrogen and oxygen atoms in total. The second-order valence-corrected chi connectivity index (χ2v) is 5.65. The zero-order valence-corrected chi connectivity index (χ0v) is 11.7. The van der Waals surface area contributed by atoms with Crippen molar-refractivity contribution in [2.45, 2.75) is 0 Å². The van der Waals surface area contributed by atoms with Gasteiger partial charge in [0.15, 0.2) is 0 Å². The van der Waals surface area contributed by atoms with E-state index in [0.29, 0.717) is 0 Å². The highest BCUT2D eigenvalue weighted by atomic mass is 15.6. The Morgan fingerprint density at radius 1 is 0.955 bits per heavy atom. The maximum absolute atomic E-state index is 4.03. The summed E-state index contributed by atoms with van der Waals surface area (Å²) in [6.07, 6.45) is 10.5. The van der Waals surface area contributed by atoms with Crippen molar-refractivity contribution in [3.63, 3.8) is 0 Å². The van der Waals surface area contributed by atoms with E-state index in [0.717, 1.165) is 5.70 Å². The van der Waals surface area contributed by atoms with Gasteiger partial charge >= 0.3 is 0 Å². The Hall–Kier alpha value is -3.01. The van der Waals surface area contributed by atoms with Gasteiger partial charge in [-0.25, -0.2) is 5.01 Å². The van der Waals surface area contributed by atoms with Crippen molar-refractivity contribution < 1.29 is 0 Å². The monoisotopic (exact) mass is 284 g/mol. The molecule has 1 unspecified atom stereocenters. The fraction of sp³-hybridized carbons (Fsp3) is 0.0556. The number of allylic oxidation sites excluding steroid dienone is 3. The van der Waals surface area contributed by atoms with Crippen molar-refractivity contribution in [2.75, 3.05) is 0 Å². The molecule has 5 rings (SSSR count). The average molecular weight is 284 g/mol.